The molecule has 6 nitrogen and oxygen atoms in total. The van der Waals surface area contributed by atoms with Gasteiger partial charge in [0.05, 0.1) is 20.1 Å². The monoisotopic (exact) mass is 241 g/mol. The second-order valence-electron chi connectivity index (χ2n) is 3.53. The number of carbonyl (C=O) groups is 2. The van der Waals surface area contributed by atoms with Crippen LogP contribution in [0.25, 0.3) is 0 Å². The predicted molar refractivity (Wildman–Crippen MR) is 58.7 cm³/mol. The third kappa shape index (κ3) is 3.92. The van der Waals surface area contributed by atoms with E-state index in [1.54, 1.807) is 13.0 Å². The molecule has 0 aliphatic carbocycles. The summed E-state index contributed by atoms with van der Waals surface area (Å²) in [6.45, 7) is 2.50. The zero-order valence-corrected chi connectivity index (χ0v) is 9.78. The highest BCUT2D eigenvalue weighted by molar-refractivity contribution is 5.86. The first-order valence-corrected chi connectivity index (χ1v) is 5.14. The van der Waals surface area contributed by atoms with E-state index in [1.807, 2.05) is 0 Å². The Hall–Kier alpha value is -1.82. The van der Waals surface area contributed by atoms with Crippen LogP contribution in [0.4, 0.5) is 0 Å². The van der Waals surface area contributed by atoms with E-state index in [4.69, 9.17) is 9.52 Å². The van der Waals surface area contributed by atoms with Crippen molar-refractivity contribution in [2.75, 3.05) is 13.7 Å². The Labute approximate surface area is 98.6 Å². The summed E-state index contributed by atoms with van der Waals surface area (Å²) in [5.41, 5.74) is 0.585. The number of carbonyl (C=O) groups excluding carboxylic acids is 1. The highest BCUT2D eigenvalue weighted by Crippen LogP contribution is 2.14. The van der Waals surface area contributed by atoms with Crippen molar-refractivity contribution in [1.82, 2.24) is 5.32 Å². The Bertz CT molecular complexity index is 410. The first-order valence-electron chi connectivity index (χ1n) is 5.14. The Morgan fingerprint density at radius 3 is 2.76 bits per heavy atom. The van der Waals surface area contributed by atoms with Gasteiger partial charge in [-0.2, -0.15) is 0 Å². The number of esters is 1. The van der Waals surface area contributed by atoms with Gasteiger partial charge in [-0.05, 0) is 13.0 Å². The average molecular weight is 241 g/mol. The van der Waals surface area contributed by atoms with Crippen LogP contribution in [0.5, 0.6) is 0 Å². The summed E-state index contributed by atoms with van der Waals surface area (Å²) in [6.07, 6.45) is 0.266. The molecule has 1 rings (SSSR count). The average Bonchev–Trinajstić information content (AvgIpc) is 2.65. The standard InChI is InChI=1S/C11H15NO5/c1-7-5-8(17-10(7)11(14)15)6-12-4-3-9(13)16-2/h5,12H,3-4,6H2,1-2H3,(H,14,15). The molecule has 1 aromatic rings. The number of nitrogens with one attached hydrogen (secondary N) is 1. The quantitative estimate of drug-likeness (QED) is 0.569. The van der Waals surface area contributed by atoms with E-state index in [2.05, 4.69) is 10.1 Å². The molecule has 0 saturated heterocycles. The maximum absolute atomic E-state index is 10.8. The number of aryl methyl sites for hydroxylation is 1. The molecule has 0 spiro atoms. The Kier molecular flexibility index (Phi) is 4.71. The van der Waals surface area contributed by atoms with E-state index in [1.165, 1.54) is 7.11 Å². The van der Waals surface area contributed by atoms with E-state index in [0.717, 1.165) is 0 Å². The normalized spacial score (nSPS) is 10.2. The van der Waals surface area contributed by atoms with Crippen LogP contribution in [0.1, 0.15) is 28.3 Å². The van der Waals surface area contributed by atoms with Crippen molar-refractivity contribution in [2.45, 2.75) is 19.9 Å². The summed E-state index contributed by atoms with van der Waals surface area (Å²) < 4.78 is 9.61. The lowest BCUT2D eigenvalue weighted by Gasteiger charge is -2.01. The van der Waals surface area contributed by atoms with Gasteiger partial charge in [-0.1, -0.05) is 0 Å². The number of hydrogen-bond donors (Lipinski definition) is 2. The van der Waals surface area contributed by atoms with Crippen LogP contribution in [0, 0.1) is 6.92 Å². The number of ether oxygens (including phenoxy) is 1. The van der Waals surface area contributed by atoms with E-state index < -0.39 is 5.97 Å². The summed E-state index contributed by atoms with van der Waals surface area (Å²) in [5.74, 6) is -0.887. The first-order chi connectivity index (χ1) is 8.04. The molecular weight excluding hydrogens is 226 g/mol. The zero-order valence-electron chi connectivity index (χ0n) is 9.78. The number of carboxylic acids is 1. The van der Waals surface area contributed by atoms with Crippen LogP contribution in [-0.2, 0) is 16.1 Å². The van der Waals surface area contributed by atoms with Crippen LogP contribution in [0.15, 0.2) is 10.5 Å². The van der Waals surface area contributed by atoms with Crippen molar-refractivity contribution in [2.24, 2.45) is 0 Å². The van der Waals surface area contributed by atoms with Crippen molar-refractivity contribution >= 4 is 11.9 Å². The molecule has 0 radical (unpaired) electrons. The van der Waals surface area contributed by atoms with Gasteiger partial charge in [-0.3, -0.25) is 4.79 Å². The highest BCUT2D eigenvalue weighted by Gasteiger charge is 2.13. The van der Waals surface area contributed by atoms with Gasteiger partial charge in [-0.15, -0.1) is 0 Å². The highest BCUT2D eigenvalue weighted by atomic mass is 16.5. The van der Waals surface area contributed by atoms with Crippen molar-refractivity contribution in [1.29, 1.82) is 0 Å². The number of carboxylic acid groups (broad SMARTS) is 1. The fourth-order valence-electron chi connectivity index (χ4n) is 1.35. The summed E-state index contributed by atoms with van der Waals surface area (Å²) in [7, 11) is 1.33. The van der Waals surface area contributed by atoms with Gasteiger partial charge in [0.15, 0.2) is 0 Å². The van der Waals surface area contributed by atoms with E-state index in [9.17, 15) is 9.59 Å². The first kappa shape index (κ1) is 13.2. The fourth-order valence-corrected chi connectivity index (χ4v) is 1.35. The SMILES string of the molecule is COC(=O)CCNCc1cc(C)c(C(=O)O)o1. The summed E-state index contributed by atoms with van der Waals surface area (Å²) >= 11 is 0. The fraction of sp³-hybridized carbons (Fsp3) is 0.455. The van der Waals surface area contributed by atoms with E-state index in [-0.39, 0.29) is 18.2 Å². The van der Waals surface area contributed by atoms with Crippen LogP contribution in [-0.4, -0.2) is 30.7 Å². The van der Waals surface area contributed by atoms with Crippen LogP contribution in [0.2, 0.25) is 0 Å². The molecule has 17 heavy (non-hydrogen) atoms. The number of hydrogen-bond acceptors (Lipinski definition) is 5. The van der Waals surface area contributed by atoms with Crippen LogP contribution in [0.3, 0.4) is 0 Å². The van der Waals surface area contributed by atoms with Crippen LogP contribution >= 0.6 is 0 Å². The second kappa shape index (κ2) is 6.05. The molecule has 0 aliphatic rings. The molecule has 0 atom stereocenters. The molecule has 6 heteroatoms. The van der Waals surface area contributed by atoms with Crippen LogP contribution < -0.4 is 5.32 Å². The predicted octanol–water partition coefficient (Wildman–Crippen LogP) is 0.939. The molecule has 2 N–H and O–H groups in total. The molecule has 0 fully saturated rings. The van der Waals surface area contributed by atoms with Gasteiger partial charge < -0.3 is 19.6 Å². The Morgan fingerprint density at radius 2 is 2.24 bits per heavy atom. The van der Waals surface area contributed by atoms with Crippen molar-refractivity contribution < 1.29 is 23.8 Å². The third-order valence-corrected chi connectivity index (χ3v) is 2.20. The number of methoxy groups -OCH3 is 1. The van der Waals surface area contributed by atoms with Gasteiger partial charge in [0.2, 0.25) is 5.76 Å². The smallest absolute Gasteiger partial charge is 0.372 e. The minimum Gasteiger partial charge on any atom is -0.475 e. The number of furan rings is 1. The van der Waals surface area contributed by atoms with E-state index >= 15 is 0 Å². The number of rotatable bonds is 6. The molecule has 0 aromatic carbocycles. The third-order valence-electron chi connectivity index (χ3n) is 2.20. The maximum atomic E-state index is 10.8. The minimum absolute atomic E-state index is 0.0465. The molecule has 0 unspecified atom stereocenters. The van der Waals surface area contributed by atoms with Gasteiger partial charge in [0, 0.05) is 12.1 Å². The van der Waals surface area contributed by atoms with Crippen molar-refractivity contribution in [3.8, 4) is 0 Å². The molecule has 0 aliphatic heterocycles. The molecule has 0 bridgehead atoms. The topological polar surface area (TPSA) is 88.8 Å². The molecular formula is C11H15NO5. The molecule has 94 valence electrons. The van der Waals surface area contributed by atoms with Gasteiger partial charge in [0.1, 0.15) is 5.76 Å². The Morgan fingerprint density at radius 1 is 1.53 bits per heavy atom. The second-order valence-corrected chi connectivity index (χ2v) is 3.53. The molecule has 0 amide bonds. The van der Waals surface area contributed by atoms with Crippen molar-refractivity contribution in [3.05, 3.63) is 23.2 Å². The summed E-state index contributed by atoms with van der Waals surface area (Å²) in [4.78, 5) is 21.5. The molecule has 1 aromatic heterocycles. The lowest BCUT2D eigenvalue weighted by atomic mass is 10.2. The lowest BCUT2D eigenvalue weighted by molar-refractivity contribution is -0.140. The summed E-state index contributed by atoms with van der Waals surface area (Å²) in [6, 6.07) is 1.66. The molecule has 1 heterocycles. The maximum Gasteiger partial charge on any atom is 0.372 e. The zero-order chi connectivity index (χ0) is 12.8. The number of aromatic carboxylic acids is 1. The van der Waals surface area contributed by atoms with Crippen molar-refractivity contribution in [3.63, 3.8) is 0 Å². The van der Waals surface area contributed by atoms with Gasteiger partial charge in [-0.25, -0.2) is 4.79 Å². The van der Waals surface area contributed by atoms with Gasteiger partial charge >= 0.3 is 11.9 Å². The lowest BCUT2D eigenvalue weighted by Crippen LogP contribution is -2.18. The largest absolute Gasteiger partial charge is 0.475 e. The van der Waals surface area contributed by atoms with E-state index in [0.29, 0.717) is 24.4 Å². The Balaban J connectivity index is 2.40. The summed E-state index contributed by atoms with van der Waals surface area (Å²) in [5, 5.41) is 11.7. The minimum atomic E-state index is -1.08. The molecule has 0 saturated carbocycles. The van der Waals surface area contributed by atoms with Gasteiger partial charge in [0.25, 0.3) is 0 Å².